The molecule has 1 heterocycles. The molecule has 2 N–H and O–H groups in total. The fourth-order valence-electron chi connectivity index (χ4n) is 1.90. The first-order valence-corrected chi connectivity index (χ1v) is 7.09. The van der Waals surface area contributed by atoms with E-state index in [9.17, 15) is 4.79 Å². The fraction of sp³-hybridized carbons (Fsp3) is 0.429. The van der Waals surface area contributed by atoms with Crippen molar-refractivity contribution in [1.29, 1.82) is 0 Å². The largest absolute Gasteiger partial charge is 0.330 e. The van der Waals surface area contributed by atoms with E-state index in [2.05, 4.69) is 4.98 Å². The van der Waals surface area contributed by atoms with Gasteiger partial charge in [-0.2, -0.15) is 0 Å². The lowest BCUT2D eigenvalue weighted by Crippen LogP contribution is -2.15. The summed E-state index contributed by atoms with van der Waals surface area (Å²) in [4.78, 5) is 16.5. The molecule has 96 valence electrons. The Kier molecular flexibility index (Phi) is 4.44. The number of benzene rings is 1. The van der Waals surface area contributed by atoms with Crippen molar-refractivity contribution < 1.29 is 4.79 Å². The summed E-state index contributed by atoms with van der Waals surface area (Å²) in [7, 11) is 0. The number of aromatic nitrogens is 1. The Hall–Kier alpha value is -1.26. The van der Waals surface area contributed by atoms with Crippen molar-refractivity contribution in [3.8, 4) is 0 Å². The van der Waals surface area contributed by atoms with Crippen molar-refractivity contribution in [3.63, 3.8) is 0 Å². The zero-order chi connectivity index (χ0) is 13.0. The Labute approximate surface area is 111 Å². The van der Waals surface area contributed by atoms with Gasteiger partial charge >= 0.3 is 0 Å². The molecule has 0 amide bonds. The molecule has 0 saturated carbocycles. The van der Waals surface area contributed by atoms with Gasteiger partial charge in [0.2, 0.25) is 0 Å². The number of nitrogens with zero attached hydrogens (tertiary/aromatic N) is 1. The van der Waals surface area contributed by atoms with E-state index in [1.807, 2.05) is 31.2 Å². The van der Waals surface area contributed by atoms with Gasteiger partial charge in [-0.3, -0.25) is 4.79 Å². The summed E-state index contributed by atoms with van der Waals surface area (Å²) < 4.78 is 1.15. The molecule has 18 heavy (non-hydrogen) atoms. The minimum atomic E-state index is 0.0839. The maximum absolute atomic E-state index is 12.0. The van der Waals surface area contributed by atoms with Gasteiger partial charge in [0.05, 0.1) is 16.6 Å². The van der Waals surface area contributed by atoms with E-state index in [0.29, 0.717) is 13.0 Å². The average molecular weight is 262 g/mol. The summed E-state index contributed by atoms with van der Waals surface area (Å²) in [5, 5.41) is 0.917. The fourth-order valence-corrected chi connectivity index (χ4v) is 2.88. The van der Waals surface area contributed by atoms with Gasteiger partial charge in [-0.05, 0) is 31.5 Å². The molecule has 2 rings (SSSR count). The topological polar surface area (TPSA) is 56.0 Å². The number of carbonyl (C=O) groups excluding carboxylic acids is 1. The van der Waals surface area contributed by atoms with Gasteiger partial charge in [0.1, 0.15) is 10.8 Å². The molecule has 0 radical (unpaired) electrons. The quantitative estimate of drug-likeness (QED) is 0.871. The van der Waals surface area contributed by atoms with E-state index >= 15 is 0 Å². The number of fused-ring (bicyclic) bond motifs is 1. The minimum absolute atomic E-state index is 0.0839. The summed E-state index contributed by atoms with van der Waals surface area (Å²) in [5.74, 6) is 0.350. The number of hydrogen-bond donors (Lipinski definition) is 1. The van der Waals surface area contributed by atoms with Crippen LogP contribution in [0.4, 0.5) is 0 Å². The molecule has 1 unspecified atom stereocenters. The summed E-state index contributed by atoms with van der Waals surface area (Å²) in [6.07, 6.45) is 2.23. The molecule has 1 aromatic heterocycles. The molecular weight excluding hydrogens is 244 g/mol. The highest BCUT2D eigenvalue weighted by Crippen LogP contribution is 2.23. The third-order valence-corrected chi connectivity index (χ3v) is 4.09. The van der Waals surface area contributed by atoms with Crippen LogP contribution in [0.1, 0.15) is 24.8 Å². The van der Waals surface area contributed by atoms with E-state index < -0.39 is 0 Å². The van der Waals surface area contributed by atoms with E-state index in [1.54, 1.807) is 11.3 Å². The van der Waals surface area contributed by atoms with E-state index in [0.717, 1.165) is 28.1 Å². The molecule has 3 nitrogen and oxygen atoms in total. The highest BCUT2D eigenvalue weighted by molar-refractivity contribution is 7.18. The third kappa shape index (κ3) is 3.15. The normalized spacial score (nSPS) is 12.8. The van der Waals surface area contributed by atoms with Gasteiger partial charge in [0.25, 0.3) is 0 Å². The molecule has 0 aliphatic rings. The van der Waals surface area contributed by atoms with Gasteiger partial charge in [-0.15, -0.1) is 11.3 Å². The number of hydrogen-bond acceptors (Lipinski definition) is 4. The Bertz CT molecular complexity index is 502. The third-order valence-electron chi connectivity index (χ3n) is 3.05. The van der Waals surface area contributed by atoms with Crippen molar-refractivity contribution in [2.75, 3.05) is 6.54 Å². The van der Waals surface area contributed by atoms with Crippen LogP contribution < -0.4 is 5.73 Å². The number of carbonyl (C=O) groups is 1. The van der Waals surface area contributed by atoms with E-state index in [1.165, 1.54) is 0 Å². The molecule has 1 aromatic carbocycles. The molecule has 0 aliphatic heterocycles. The smallest absolute Gasteiger partial charge is 0.142 e. The van der Waals surface area contributed by atoms with E-state index in [4.69, 9.17) is 5.73 Å². The monoisotopic (exact) mass is 262 g/mol. The molecular formula is C14H18N2OS. The standard InChI is InChI=1S/C14H18N2OS/c1-10(5-4-8-15)12(17)9-14-16-11-6-2-3-7-13(11)18-14/h2-3,6-7,10H,4-5,8-9,15H2,1H3. The van der Waals surface area contributed by atoms with Crippen LogP contribution in [0.3, 0.4) is 0 Å². The lowest BCUT2D eigenvalue weighted by molar-refractivity contribution is -0.121. The second-order valence-corrected chi connectivity index (χ2v) is 5.67. The summed E-state index contributed by atoms with van der Waals surface area (Å²) in [6.45, 7) is 2.63. The number of rotatable bonds is 6. The zero-order valence-corrected chi connectivity index (χ0v) is 11.4. The molecule has 2 aromatic rings. The zero-order valence-electron chi connectivity index (χ0n) is 10.6. The number of para-hydroxylation sites is 1. The van der Waals surface area contributed by atoms with Crippen molar-refractivity contribution in [3.05, 3.63) is 29.3 Å². The molecule has 0 saturated heterocycles. The predicted octanol–water partition coefficient (Wildman–Crippen LogP) is 2.78. The van der Waals surface area contributed by atoms with Crippen LogP contribution >= 0.6 is 11.3 Å². The van der Waals surface area contributed by atoms with E-state index in [-0.39, 0.29) is 11.7 Å². The van der Waals surface area contributed by atoms with Crippen molar-refractivity contribution >= 4 is 27.3 Å². The van der Waals surface area contributed by atoms with Gasteiger partial charge in [-0.25, -0.2) is 4.98 Å². The van der Waals surface area contributed by atoms with Crippen LogP contribution in [0.15, 0.2) is 24.3 Å². The Balaban J connectivity index is 2.02. The number of Topliss-reactive ketones (excluding diaryl/α,β-unsaturated/α-hetero) is 1. The number of nitrogens with two attached hydrogens (primary N) is 1. The van der Waals surface area contributed by atoms with Crippen LogP contribution in [0.5, 0.6) is 0 Å². The first kappa shape index (κ1) is 13.2. The average Bonchev–Trinajstić information content (AvgIpc) is 2.77. The van der Waals surface area contributed by atoms with Crippen LogP contribution in [0.25, 0.3) is 10.2 Å². The second-order valence-electron chi connectivity index (χ2n) is 4.55. The number of ketones is 1. The molecule has 1 atom stereocenters. The Morgan fingerprint density at radius 3 is 2.94 bits per heavy atom. The molecule has 0 bridgehead atoms. The van der Waals surface area contributed by atoms with Gasteiger partial charge in [0, 0.05) is 5.92 Å². The maximum Gasteiger partial charge on any atom is 0.142 e. The van der Waals surface area contributed by atoms with Gasteiger partial charge in [0.15, 0.2) is 0 Å². The molecule has 0 spiro atoms. The highest BCUT2D eigenvalue weighted by atomic mass is 32.1. The van der Waals surface area contributed by atoms with Crippen molar-refractivity contribution in [1.82, 2.24) is 4.98 Å². The molecule has 0 fully saturated rings. The Morgan fingerprint density at radius 1 is 1.44 bits per heavy atom. The number of thiazole rings is 1. The lowest BCUT2D eigenvalue weighted by atomic mass is 9.98. The van der Waals surface area contributed by atoms with Crippen LogP contribution in [0.2, 0.25) is 0 Å². The highest BCUT2D eigenvalue weighted by Gasteiger charge is 2.15. The summed E-state index contributed by atoms with van der Waals surface area (Å²) >= 11 is 1.61. The van der Waals surface area contributed by atoms with Crippen LogP contribution in [0, 0.1) is 5.92 Å². The van der Waals surface area contributed by atoms with Crippen LogP contribution in [-0.4, -0.2) is 17.3 Å². The van der Waals surface area contributed by atoms with Crippen molar-refractivity contribution in [2.24, 2.45) is 11.7 Å². The molecule has 4 heteroatoms. The van der Waals surface area contributed by atoms with Crippen LogP contribution in [-0.2, 0) is 11.2 Å². The predicted molar refractivity (Wildman–Crippen MR) is 75.8 cm³/mol. The lowest BCUT2D eigenvalue weighted by Gasteiger charge is -2.07. The second kappa shape index (κ2) is 6.07. The SMILES string of the molecule is CC(CCCN)C(=O)Cc1nc2ccccc2s1. The first-order chi connectivity index (χ1) is 8.70. The maximum atomic E-state index is 12.0. The van der Waals surface area contributed by atoms with Crippen molar-refractivity contribution in [2.45, 2.75) is 26.2 Å². The Morgan fingerprint density at radius 2 is 2.22 bits per heavy atom. The van der Waals surface area contributed by atoms with Gasteiger partial charge in [-0.1, -0.05) is 19.1 Å². The molecule has 0 aliphatic carbocycles. The van der Waals surface area contributed by atoms with Gasteiger partial charge < -0.3 is 5.73 Å². The minimum Gasteiger partial charge on any atom is -0.330 e. The summed E-state index contributed by atoms with van der Waals surface area (Å²) in [5.41, 5.74) is 6.44. The first-order valence-electron chi connectivity index (χ1n) is 6.28. The summed E-state index contributed by atoms with van der Waals surface area (Å²) in [6, 6.07) is 7.99.